The van der Waals surface area contributed by atoms with Crippen molar-refractivity contribution in [2.75, 3.05) is 5.32 Å². The minimum Gasteiger partial charge on any atom is -0.378 e. The fourth-order valence-corrected chi connectivity index (χ4v) is 2.31. The van der Waals surface area contributed by atoms with E-state index in [0.29, 0.717) is 6.54 Å². The molecule has 0 unspecified atom stereocenters. The maximum atomic E-state index is 4.31. The van der Waals surface area contributed by atoms with Crippen LogP contribution < -0.4 is 5.32 Å². The van der Waals surface area contributed by atoms with Crippen LogP contribution in [0.5, 0.6) is 0 Å². The molecule has 1 heterocycles. The SMILES string of the molecule is Brc1ccc(CNc2cc(Br)ccc2Br)nc1. The second-order valence-corrected chi connectivity index (χ2v) is 6.13. The highest BCUT2D eigenvalue weighted by molar-refractivity contribution is 9.11. The van der Waals surface area contributed by atoms with Gasteiger partial charge in [0.15, 0.2) is 0 Å². The molecule has 0 aliphatic rings. The number of aromatic nitrogens is 1. The Morgan fingerprint density at radius 3 is 2.47 bits per heavy atom. The third kappa shape index (κ3) is 3.79. The zero-order valence-electron chi connectivity index (χ0n) is 8.75. The molecular weight excluding hydrogens is 412 g/mol. The molecule has 0 amide bonds. The average Bonchev–Trinajstić information content (AvgIpc) is 2.32. The Labute approximate surface area is 125 Å². The highest BCUT2D eigenvalue weighted by Crippen LogP contribution is 2.26. The van der Waals surface area contributed by atoms with Crippen molar-refractivity contribution in [1.82, 2.24) is 4.98 Å². The van der Waals surface area contributed by atoms with Crippen LogP contribution in [-0.4, -0.2) is 4.98 Å². The molecule has 0 fully saturated rings. The first kappa shape index (κ1) is 13.1. The van der Waals surface area contributed by atoms with E-state index in [9.17, 15) is 0 Å². The maximum absolute atomic E-state index is 4.31. The molecule has 17 heavy (non-hydrogen) atoms. The van der Waals surface area contributed by atoms with Crippen LogP contribution in [0.1, 0.15) is 5.69 Å². The molecule has 0 bridgehead atoms. The van der Waals surface area contributed by atoms with Gasteiger partial charge in [-0.15, -0.1) is 0 Å². The summed E-state index contributed by atoms with van der Waals surface area (Å²) in [6, 6.07) is 10.0. The van der Waals surface area contributed by atoms with Crippen LogP contribution in [0.25, 0.3) is 0 Å². The van der Waals surface area contributed by atoms with Crippen LogP contribution in [0.2, 0.25) is 0 Å². The number of anilines is 1. The second kappa shape index (κ2) is 5.98. The molecule has 2 rings (SSSR count). The number of rotatable bonds is 3. The van der Waals surface area contributed by atoms with Crippen molar-refractivity contribution in [2.45, 2.75) is 6.54 Å². The first-order chi connectivity index (χ1) is 8.15. The molecule has 0 saturated heterocycles. The van der Waals surface area contributed by atoms with E-state index in [-0.39, 0.29) is 0 Å². The van der Waals surface area contributed by atoms with Crippen LogP contribution in [0, 0.1) is 0 Å². The molecule has 0 radical (unpaired) electrons. The number of halogens is 3. The van der Waals surface area contributed by atoms with Crippen molar-refractivity contribution in [3.8, 4) is 0 Å². The normalized spacial score (nSPS) is 10.3. The number of benzene rings is 1. The summed E-state index contributed by atoms with van der Waals surface area (Å²) in [6.07, 6.45) is 1.80. The zero-order chi connectivity index (χ0) is 12.3. The van der Waals surface area contributed by atoms with E-state index in [0.717, 1.165) is 24.8 Å². The molecule has 1 aromatic heterocycles. The Bertz CT molecular complexity index is 512. The van der Waals surface area contributed by atoms with Crippen molar-refractivity contribution in [1.29, 1.82) is 0 Å². The number of nitrogens with zero attached hydrogens (tertiary/aromatic N) is 1. The predicted octanol–water partition coefficient (Wildman–Crippen LogP) is 4.98. The van der Waals surface area contributed by atoms with E-state index >= 15 is 0 Å². The number of hydrogen-bond donors (Lipinski definition) is 1. The van der Waals surface area contributed by atoms with Gasteiger partial charge in [0.05, 0.1) is 12.2 Å². The molecule has 0 spiro atoms. The molecule has 5 heteroatoms. The third-order valence-corrected chi connectivity index (χ3v) is 3.83. The molecule has 0 saturated carbocycles. The van der Waals surface area contributed by atoms with Crippen LogP contribution in [0.3, 0.4) is 0 Å². The predicted molar refractivity (Wildman–Crippen MR) is 81.1 cm³/mol. The van der Waals surface area contributed by atoms with E-state index in [1.165, 1.54) is 0 Å². The van der Waals surface area contributed by atoms with Gasteiger partial charge < -0.3 is 5.32 Å². The minimum atomic E-state index is 0.697. The summed E-state index contributed by atoms with van der Waals surface area (Å²) in [6.45, 7) is 0.697. The van der Waals surface area contributed by atoms with Crippen LogP contribution in [-0.2, 0) is 6.54 Å². The Kier molecular flexibility index (Phi) is 4.59. The Hall–Kier alpha value is -0.390. The van der Waals surface area contributed by atoms with Gasteiger partial charge in [0.1, 0.15) is 0 Å². The Balaban J connectivity index is 2.07. The lowest BCUT2D eigenvalue weighted by atomic mass is 10.3. The molecular formula is C12H9Br3N2. The van der Waals surface area contributed by atoms with Crippen molar-refractivity contribution in [3.05, 3.63) is 55.6 Å². The molecule has 0 aliphatic heterocycles. The smallest absolute Gasteiger partial charge is 0.0595 e. The summed E-state index contributed by atoms with van der Waals surface area (Å²) < 4.78 is 3.08. The van der Waals surface area contributed by atoms with E-state index in [4.69, 9.17) is 0 Å². The second-order valence-electron chi connectivity index (χ2n) is 3.45. The van der Waals surface area contributed by atoms with Crippen LogP contribution in [0.4, 0.5) is 5.69 Å². The van der Waals surface area contributed by atoms with Gasteiger partial charge in [-0.05, 0) is 62.2 Å². The van der Waals surface area contributed by atoms with Gasteiger partial charge in [0.2, 0.25) is 0 Å². The molecule has 1 aromatic carbocycles. The van der Waals surface area contributed by atoms with E-state index in [2.05, 4.69) is 58.1 Å². The van der Waals surface area contributed by atoms with Gasteiger partial charge in [0.25, 0.3) is 0 Å². The first-order valence-corrected chi connectivity index (χ1v) is 7.32. The topological polar surface area (TPSA) is 24.9 Å². The van der Waals surface area contributed by atoms with Crippen LogP contribution in [0.15, 0.2) is 49.9 Å². The highest BCUT2D eigenvalue weighted by atomic mass is 79.9. The van der Waals surface area contributed by atoms with Gasteiger partial charge in [-0.3, -0.25) is 4.98 Å². The monoisotopic (exact) mass is 418 g/mol. The summed E-state index contributed by atoms with van der Waals surface area (Å²) >= 11 is 10.3. The van der Waals surface area contributed by atoms with E-state index in [1.54, 1.807) is 6.20 Å². The lowest BCUT2D eigenvalue weighted by Gasteiger charge is -2.08. The van der Waals surface area contributed by atoms with E-state index < -0.39 is 0 Å². The zero-order valence-corrected chi connectivity index (χ0v) is 13.5. The quantitative estimate of drug-likeness (QED) is 0.757. The third-order valence-electron chi connectivity index (χ3n) is 2.18. The number of pyridine rings is 1. The van der Waals surface area contributed by atoms with Crippen molar-refractivity contribution >= 4 is 53.5 Å². The summed E-state index contributed by atoms with van der Waals surface area (Å²) in [5.74, 6) is 0. The standard InChI is InChI=1S/C12H9Br3N2/c13-8-2-4-11(15)12(5-8)17-7-10-3-1-9(14)6-16-10/h1-6,17H,7H2. The fraction of sp³-hybridized carbons (Fsp3) is 0.0833. The Morgan fingerprint density at radius 1 is 1.00 bits per heavy atom. The van der Waals surface area contributed by atoms with Crippen molar-refractivity contribution in [3.63, 3.8) is 0 Å². The van der Waals surface area contributed by atoms with Gasteiger partial charge >= 0.3 is 0 Å². The lowest BCUT2D eigenvalue weighted by molar-refractivity contribution is 1.04. The summed E-state index contributed by atoms with van der Waals surface area (Å²) in [7, 11) is 0. The van der Waals surface area contributed by atoms with Gasteiger partial charge in [-0.25, -0.2) is 0 Å². The fourth-order valence-electron chi connectivity index (χ4n) is 1.33. The molecule has 2 nitrogen and oxygen atoms in total. The van der Waals surface area contributed by atoms with Gasteiger partial charge in [0, 0.05) is 25.3 Å². The molecule has 88 valence electrons. The van der Waals surface area contributed by atoms with Crippen LogP contribution >= 0.6 is 47.8 Å². The maximum Gasteiger partial charge on any atom is 0.0595 e. The number of hydrogen-bond acceptors (Lipinski definition) is 2. The highest BCUT2D eigenvalue weighted by Gasteiger charge is 2.01. The average molecular weight is 421 g/mol. The lowest BCUT2D eigenvalue weighted by Crippen LogP contribution is -2.01. The minimum absolute atomic E-state index is 0.697. The first-order valence-electron chi connectivity index (χ1n) is 4.94. The molecule has 1 N–H and O–H groups in total. The van der Waals surface area contributed by atoms with E-state index in [1.807, 2.05) is 30.3 Å². The Morgan fingerprint density at radius 2 is 1.76 bits per heavy atom. The summed E-state index contributed by atoms with van der Waals surface area (Å²) in [5.41, 5.74) is 2.05. The van der Waals surface area contributed by atoms with Gasteiger partial charge in [-0.1, -0.05) is 15.9 Å². The largest absolute Gasteiger partial charge is 0.378 e. The van der Waals surface area contributed by atoms with Gasteiger partial charge in [-0.2, -0.15) is 0 Å². The molecule has 0 atom stereocenters. The van der Waals surface area contributed by atoms with Crippen molar-refractivity contribution in [2.24, 2.45) is 0 Å². The summed E-state index contributed by atoms with van der Waals surface area (Å²) in [4.78, 5) is 4.31. The summed E-state index contributed by atoms with van der Waals surface area (Å²) in [5, 5.41) is 3.33. The number of nitrogens with one attached hydrogen (secondary N) is 1. The van der Waals surface area contributed by atoms with Crippen molar-refractivity contribution < 1.29 is 0 Å². The molecule has 2 aromatic rings. The molecule has 0 aliphatic carbocycles.